The fourth-order valence-corrected chi connectivity index (χ4v) is 0.418. The third kappa shape index (κ3) is 3.49. The average Bonchev–Trinajstić information content (AvgIpc) is 1.88. The van der Waals surface area contributed by atoms with Crippen LogP contribution in [0, 0.1) is 19.1 Å². The maximum absolute atomic E-state index is 11.9. The van der Waals surface area contributed by atoms with Crippen LogP contribution < -0.4 is 0 Å². The summed E-state index contributed by atoms with van der Waals surface area (Å²) in [6.07, 6.45) is -2.17. The number of hydrogen-bond acceptors (Lipinski definition) is 3. The molecule has 0 fully saturated rings. The average molecular weight is 165 g/mol. The van der Waals surface area contributed by atoms with E-state index in [4.69, 9.17) is 0 Å². The Labute approximate surface area is 61.3 Å². The van der Waals surface area contributed by atoms with Crippen molar-refractivity contribution in [2.75, 3.05) is 7.18 Å². The number of nitrogens with zero attached hydrogens (tertiary/aromatic N) is 3. The van der Waals surface area contributed by atoms with E-state index in [-0.39, 0.29) is 5.82 Å². The summed E-state index contributed by atoms with van der Waals surface area (Å²) in [6.45, 7) is 1.38. The van der Waals surface area contributed by atoms with Crippen LogP contribution in [0.25, 0.3) is 0 Å². The van der Waals surface area contributed by atoms with Crippen molar-refractivity contribution < 1.29 is 13.2 Å². The van der Waals surface area contributed by atoms with Gasteiger partial charge in [0, 0.05) is 0 Å². The normalized spacial score (nSPS) is 8.45. The van der Waals surface area contributed by atoms with Crippen LogP contribution in [-0.2, 0) is 0 Å². The molecule has 3 nitrogen and oxygen atoms in total. The molecule has 62 valence electrons. The van der Waals surface area contributed by atoms with Crippen LogP contribution in [0.1, 0.15) is 5.82 Å². The molecule has 0 bridgehead atoms. The summed E-state index contributed by atoms with van der Waals surface area (Å²) in [4.78, 5) is 8.89. The van der Waals surface area contributed by atoms with Crippen molar-refractivity contribution in [2.45, 2.75) is 6.92 Å². The predicted octanol–water partition coefficient (Wildman–Crippen LogP) is 1.04. The second kappa shape index (κ2) is 4.59. The van der Waals surface area contributed by atoms with Gasteiger partial charge >= 0.3 is 12.2 Å². The molecule has 0 spiro atoms. The van der Waals surface area contributed by atoms with Crippen LogP contribution in [-0.4, -0.2) is 22.1 Å². The third-order valence-corrected chi connectivity index (χ3v) is 0.693. The molecule has 0 N–H and O–H groups in total. The van der Waals surface area contributed by atoms with Crippen molar-refractivity contribution in [1.82, 2.24) is 15.0 Å². The highest BCUT2D eigenvalue weighted by molar-refractivity contribution is 4.77. The molecule has 0 unspecified atom stereocenters. The van der Waals surface area contributed by atoms with E-state index in [1.54, 1.807) is 0 Å². The third-order valence-electron chi connectivity index (χ3n) is 0.693. The van der Waals surface area contributed by atoms with E-state index in [1.807, 2.05) is 0 Å². The lowest BCUT2D eigenvalue weighted by molar-refractivity contribution is 0.448. The van der Waals surface area contributed by atoms with E-state index >= 15 is 0 Å². The first-order valence-corrected chi connectivity index (χ1v) is 2.60. The second-order valence-corrected chi connectivity index (χ2v) is 1.42. The molecule has 6 heteroatoms. The number of aromatic nitrogens is 3. The standard InChI is InChI=1S/C4H3F2N3.CH3F/c1-2-7-3(5)9-4(6)8-2;1-2/h1H3;1H3. The van der Waals surface area contributed by atoms with Crippen LogP contribution in [0.15, 0.2) is 0 Å². The number of hydrogen-bond donors (Lipinski definition) is 0. The molecule has 1 aromatic heterocycles. The minimum absolute atomic E-state index is 0.0417. The van der Waals surface area contributed by atoms with E-state index in [9.17, 15) is 13.2 Å². The molecule has 0 aliphatic rings. The number of rotatable bonds is 0. The van der Waals surface area contributed by atoms with Crippen molar-refractivity contribution in [3.8, 4) is 0 Å². The maximum atomic E-state index is 11.9. The Balaban J connectivity index is 0.000000461. The summed E-state index contributed by atoms with van der Waals surface area (Å²) in [5.74, 6) is 0.0417. The van der Waals surface area contributed by atoms with E-state index in [2.05, 4.69) is 15.0 Å². The lowest BCUT2D eigenvalue weighted by atomic mass is 10.7. The molecule has 0 amide bonds. The molecule has 0 atom stereocenters. The Morgan fingerprint density at radius 1 is 0.909 bits per heavy atom. The van der Waals surface area contributed by atoms with Gasteiger partial charge in [0.15, 0.2) is 0 Å². The smallest absolute Gasteiger partial charge is 0.255 e. The van der Waals surface area contributed by atoms with Gasteiger partial charge in [0.25, 0.3) is 0 Å². The highest BCUT2D eigenvalue weighted by atomic mass is 19.1. The molecule has 0 aliphatic heterocycles. The molecule has 0 saturated carbocycles. The molecular formula is C5H6F3N3. The van der Waals surface area contributed by atoms with Gasteiger partial charge in [0.1, 0.15) is 5.82 Å². The Bertz CT molecular complexity index is 178. The maximum Gasteiger partial charge on any atom is 0.314 e. The molecule has 0 saturated heterocycles. The van der Waals surface area contributed by atoms with Gasteiger partial charge in [0.2, 0.25) is 0 Å². The van der Waals surface area contributed by atoms with Crippen molar-refractivity contribution >= 4 is 0 Å². The van der Waals surface area contributed by atoms with Crippen LogP contribution in [0.3, 0.4) is 0 Å². The summed E-state index contributed by atoms with van der Waals surface area (Å²) in [6, 6.07) is 0. The molecule has 0 aliphatic carbocycles. The monoisotopic (exact) mass is 165 g/mol. The zero-order valence-corrected chi connectivity index (χ0v) is 5.98. The molecule has 11 heavy (non-hydrogen) atoms. The van der Waals surface area contributed by atoms with Gasteiger partial charge in [-0.1, -0.05) is 0 Å². The highest BCUT2D eigenvalue weighted by Crippen LogP contribution is 1.89. The molecule has 0 aromatic carbocycles. The summed E-state index contributed by atoms with van der Waals surface area (Å²) >= 11 is 0. The minimum atomic E-state index is -1.08. The fourth-order valence-electron chi connectivity index (χ4n) is 0.418. The van der Waals surface area contributed by atoms with Gasteiger partial charge in [-0.25, -0.2) is 0 Å². The minimum Gasteiger partial charge on any atom is -0.255 e. The van der Waals surface area contributed by atoms with E-state index in [0.29, 0.717) is 7.18 Å². The molecular weight excluding hydrogens is 159 g/mol. The van der Waals surface area contributed by atoms with Crippen LogP contribution >= 0.6 is 0 Å². The zero-order chi connectivity index (χ0) is 8.85. The summed E-state index contributed by atoms with van der Waals surface area (Å²) < 4.78 is 33.4. The first-order valence-electron chi connectivity index (χ1n) is 2.60. The largest absolute Gasteiger partial charge is 0.314 e. The van der Waals surface area contributed by atoms with Crippen molar-refractivity contribution in [1.29, 1.82) is 0 Å². The number of alkyl halides is 1. The van der Waals surface area contributed by atoms with Gasteiger partial charge in [-0.2, -0.15) is 23.7 Å². The summed E-state index contributed by atoms with van der Waals surface area (Å²) in [5.41, 5.74) is 0. The second-order valence-electron chi connectivity index (χ2n) is 1.42. The van der Waals surface area contributed by atoms with Crippen LogP contribution in [0.4, 0.5) is 13.2 Å². The molecule has 0 radical (unpaired) electrons. The highest BCUT2D eigenvalue weighted by Gasteiger charge is 1.98. The van der Waals surface area contributed by atoms with Gasteiger partial charge in [-0.3, -0.25) is 4.39 Å². The van der Waals surface area contributed by atoms with Crippen molar-refractivity contribution in [2.24, 2.45) is 0 Å². The number of aryl methyl sites for hydroxylation is 1. The topological polar surface area (TPSA) is 38.7 Å². The lowest BCUT2D eigenvalue weighted by Gasteiger charge is -1.88. The van der Waals surface area contributed by atoms with Crippen molar-refractivity contribution in [3.05, 3.63) is 18.0 Å². The fraction of sp³-hybridized carbons (Fsp3) is 0.400. The van der Waals surface area contributed by atoms with Crippen molar-refractivity contribution in [3.63, 3.8) is 0 Å². The van der Waals surface area contributed by atoms with Gasteiger partial charge in [0.05, 0.1) is 7.18 Å². The summed E-state index contributed by atoms with van der Waals surface area (Å²) in [7, 11) is 0.500. The molecule has 1 aromatic rings. The SMILES string of the molecule is CF.Cc1nc(F)nc(F)n1. The molecule has 1 rings (SSSR count). The van der Waals surface area contributed by atoms with E-state index in [0.717, 1.165) is 0 Å². The van der Waals surface area contributed by atoms with Gasteiger partial charge in [-0.15, -0.1) is 0 Å². The number of halogens is 3. The lowest BCUT2D eigenvalue weighted by Crippen LogP contribution is -1.99. The first-order chi connectivity index (χ1) is 5.18. The van der Waals surface area contributed by atoms with E-state index < -0.39 is 12.2 Å². The zero-order valence-electron chi connectivity index (χ0n) is 5.98. The van der Waals surface area contributed by atoms with Crippen LogP contribution in [0.5, 0.6) is 0 Å². The van der Waals surface area contributed by atoms with Gasteiger partial charge < -0.3 is 0 Å². The Hall–Kier alpha value is -1.20. The first kappa shape index (κ1) is 9.80. The Kier molecular flexibility index (Phi) is 4.09. The quantitative estimate of drug-likeness (QED) is 0.576. The van der Waals surface area contributed by atoms with Crippen LogP contribution in [0.2, 0.25) is 0 Å². The Morgan fingerprint density at radius 3 is 1.55 bits per heavy atom. The predicted molar refractivity (Wildman–Crippen MR) is 31.5 cm³/mol. The summed E-state index contributed by atoms with van der Waals surface area (Å²) in [5, 5.41) is 0. The van der Waals surface area contributed by atoms with E-state index in [1.165, 1.54) is 6.92 Å². The molecule has 1 heterocycles. The van der Waals surface area contributed by atoms with Gasteiger partial charge in [-0.05, 0) is 6.92 Å². The Morgan fingerprint density at radius 2 is 1.27 bits per heavy atom.